The summed E-state index contributed by atoms with van der Waals surface area (Å²) in [7, 11) is 1.97. The van der Waals surface area contributed by atoms with Crippen LogP contribution in [0.1, 0.15) is 30.5 Å². The van der Waals surface area contributed by atoms with Crippen molar-refractivity contribution < 1.29 is 10.2 Å². The quantitative estimate of drug-likeness (QED) is 0.794. The maximum atomic E-state index is 11.2. The molecule has 0 amide bonds. The number of likely N-dealkylation sites (tertiary alicyclic amines) is 1. The van der Waals surface area contributed by atoms with Gasteiger partial charge < -0.3 is 10.2 Å². The molecular weight excluding hydrogens is 298 g/mol. The number of benzene rings is 2. The van der Waals surface area contributed by atoms with Gasteiger partial charge in [0.05, 0.1) is 0 Å². The molecule has 0 unspecified atom stereocenters. The minimum atomic E-state index is -1.46. The van der Waals surface area contributed by atoms with E-state index in [-0.39, 0.29) is 6.04 Å². The number of aliphatic hydroxyl groups is 2. The Morgan fingerprint density at radius 3 is 2.21 bits per heavy atom. The fourth-order valence-electron chi connectivity index (χ4n) is 3.31. The van der Waals surface area contributed by atoms with E-state index >= 15 is 0 Å². The molecule has 3 rings (SSSR count). The standard InChI is InChI=1S/C21H23NO2/c1-20(23)16-22(2)19(18-11-7-4-8-12-18)15-21(20,24)14-13-17-9-5-3-6-10-17/h3-12,19,23-24H,15-16H2,1-2H3/t19-,20+,21-/m1/s1. The number of hydrogen-bond donors (Lipinski definition) is 2. The molecule has 0 aliphatic carbocycles. The van der Waals surface area contributed by atoms with Gasteiger partial charge in [0.1, 0.15) is 5.60 Å². The lowest BCUT2D eigenvalue weighted by Crippen LogP contribution is -2.62. The lowest BCUT2D eigenvalue weighted by molar-refractivity contribution is -0.160. The molecule has 3 heteroatoms. The summed E-state index contributed by atoms with van der Waals surface area (Å²) in [5, 5.41) is 22.0. The van der Waals surface area contributed by atoms with E-state index in [9.17, 15) is 10.2 Å². The molecule has 0 radical (unpaired) electrons. The van der Waals surface area contributed by atoms with Crippen molar-refractivity contribution in [3.63, 3.8) is 0 Å². The second-order valence-electron chi connectivity index (χ2n) is 6.80. The summed E-state index contributed by atoms with van der Waals surface area (Å²) in [6.07, 6.45) is 0.361. The van der Waals surface area contributed by atoms with Crippen LogP contribution in [0.25, 0.3) is 0 Å². The number of hydrogen-bond acceptors (Lipinski definition) is 3. The van der Waals surface area contributed by atoms with E-state index in [1.54, 1.807) is 6.92 Å². The molecule has 3 atom stereocenters. The monoisotopic (exact) mass is 321 g/mol. The topological polar surface area (TPSA) is 43.7 Å². The summed E-state index contributed by atoms with van der Waals surface area (Å²) in [6, 6.07) is 19.6. The molecule has 2 N–H and O–H groups in total. The second-order valence-corrected chi connectivity index (χ2v) is 6.80. The van der Waals surface area contributed by atoms with Crippen LogP contribution in [0.4, 0.5) is 0 Å². The fourth-order valence-corrected chi connectivity index (χ4v) is 3.31. The molecule has 1 aliphatic rings. The van der Waals surface area contributed by atoms with E-state index in [1.165, 1.54) is 0 Å². The Morgan fingerprint density at radius 2 is 1.58 bits per heavy atom. The zero-order chi connectivity index (χ0) is 17.2. The summed E-state index contributed by atoms with van der Waals surface area (Å²) in [6.45, 7) is 2.01. The summed E-state index contributed by atoms with van der Waals surface area (Å²) < 4.78 is 0. The summed E-state index contributed by atoms with van der Waals surface area (Å²) in [5.41, 5.74) is -0.808. The third-order valence-electron chi connectivity index (χ3n) is 4.84. The van der Waals surface area contributed by atoms with Crippen molar-refractivity contribution >= 4 is 0 Å². The lowest BCUT2D eigenvalue weighted by atomic mass is 9.74. The van der Waals surface area contributed by atoms with Crippen LogP contribution < -0.4 is 0 Å². The zero-order valence-corrected chi connectivity index (χ0v) is 14.1. The van der Waals surface area contributed by atoms with Gasteiger partial charge in [0.25, 0.3) is 0 Å². The van der Waals surface area contributed by atoms with Crippen LogP contribution in [0.15, 0.2) is 60.7 Å². The molecule has 2 aromatic carbocycles. The van der Waals surface area contributed by atoms with Gasteiger partial charge in [-0.1, -0.05) is 60.4 Å². The third kappa shape index (κ3) is 3.22. The minimum absolute atomic E-state index is 0.0153. The Balaban J connectivity index is 1.94. The van der Waals surface area contributed by atoms with Crippen molar-refractivity contribution in [1.29, 1.82) is 0 Å². The van der Waals surface area contributed by atoms with Gasteiger partial charge in [-0.2, -0.15) is 0 Å². The predicted octanol–water partition coefficient (Wildman–Crippen LogP) is 2.60. The molecule has 1 saturated heterocycles. The number of rotatable bonds is 1. The second kappa shape index (κ2) is 6.41. The molecular formula is C21H23NO2. The first-order valence-electron chi connectivity index (χ1n) is 8.19. The fraction of sp³-hybridized carbons (Fsp3) is 0.333. The van der Waals surface area contributed by atoms with Crippen molar-refractivity contribution in [2.24, 2.45) is 0 Å². The first-order valence-corrected chi connectivity index (χ1v) is 8.19. The predicted molar refractivity (Wildman–Crippen MR) is 95.3 cm³/mol. The molecule has 24 heavy (non-hydrogen) atoms. The molecule has 1 fully saturated rings. The van der Waals surface area contributed by atoms with Gasteiger partial charge in [0, 0.05) is 24.6 Å². The molecule has 0 aromatic heterocycles. The Labute approximate surface area is 143 Å². The maximum Gasteiger partial charge on any atom is 0.157 e. The molecule has 1 aliphatic heterocycles. The smallest absolute Gasteiger partial charge is 0.157 e. The van der Waals surface area contributed by atoms with Crippen LogP contribution in [-0.2, 0) is 0 Å². The van der Waals surface area contributed by atoms with Crippen LogP contribution >= 0.6 is 0 Å². The Bertz CT molecular complexity index is 746. The maximum absolute atomic E-state index is 11.2. The van der Waals surface area contributed by atoms with Gasteiger partial charge in [-0.25, -0.2) is 0 Å². The van der Waals surface area contributed by atoms with E-state index in [1.807, 2.05) is 67.7 Å². The molecule has 1 heterocycles. The molecule has 124 valence electrons. The summed E-state index contributed by atoms with van der Waals surface area (Å²) >= 11 is 0. The number of piperidine rings is 1. The van der Waals surface area contributed by atoms with Crippen LogP contribution in [-0.4, -0.2) is 39.9 Å². The average molecular weight is 321 g/mol. The minimum Gasteiger partial charge on any atom is -0.385 e. The van der Waals surface area contributed by atoms with Crippen LogP contribution in [0.3, 0.4) is 0 Å². The highest BCUT2D eigenvalue weighted by Crippen LogP contribution is 2.40. The van der Waals surface area contributed by atoms with Crippen molar-refractivity contribution in [1.82, 2.24) is 4.90 Å². The van der Waals surface area contributed by atoms with Gasteiger partial charge in [-0.15, -0.1) is 0 Å². The van der Waals surface area contributed by atoms with E-state index in [4.69, 9.17) is 0 Å². The van der Waals surface area contributed by atoms with Gasteiger partial charge in [0.15, 0.2) is 5.60 Å². The molecule has 0 saturated carbocycles. The first kappa shape index (κ1) is 16.7. The van der Waals surface area contributed by atoms with E-state index in [0.29, 0.717) is 13.0 Å². The number of nitrogens with zero attached hydrogens (tertiary/aromatic N) is 1. The first-order chi connectivity index (χ1) is 11.4. The normalized spacial score (nSPS) is 30.4. The summed E-state index contributed by atoms with van der Waals surface area (Å²) in [5.74, 6) is 5.97. The van der Waals surface area contributed by atoms with Crippen LogP contribution in [0.2, 0.25) is 0 Å². The number of β-amino-alcohol motifs (C(OH)–C–C–N with tert-alkyl or cyclic N) is 1. The third-order valence-corrected chi connectivity index (χ3v) is 4.84. The van der Waals surface area contributed by atoms with Crippen molar-refractivity contribution in [2.75, 3.05) is 13.6 Å². The Kier molecular flexibility index (Phi) is 4.47. The highest BCUT2D eigenvalue weighted by Gasteiger charge is 2.51. The lowest BCUT2D eigenvalue weighted by Gasteiger charge is -2.49. The Hall–Kier alpha value is -2.12. The molecule has 3 nitrogen and oxygen atoms in total. The average Bonchev–Trinajstić information content (AvgIpc) is 2.58. The van der Waals surface area contributed by atoms with E-state index in [0.717, 1.165) is 11.1 Å². The highest BCUT2D eigenvalue weighted by molar-refractivity contribution is 5.38. The van der Waals surface area contributed by atoms with Crippen LogP contribution in [0.5, 0.6) is 0 Å². The zero-order valence-electron chi connectivity index (χ0n) is 14.1. The van der Waals surface area contributed by atoms with Crippen LogP contribution in [0, 0.1) is 11.8 Å². The van der Waals surface area contributed by atoms with Crippen molar-refractivity contribution in [3.05, 3.63) is 71.8 Å². The highest BCUT2D eigenvalue weighted by atomic mass is 16.4. The van der Waals surface area contributed by atoms with Gasteiger partial charge in [-0.3, -0.25) is 4.90 Å². The van der Waals surface area contributed by atoms with E-state index < -0.39 is 11.2 Å². The Morgan fingerprint density at radius 1 is 1.00 bits per heavy atom. The number of likely N-dealkylation sites (N-methyl/N-ethyl adjacent to an activating group) is 1. The van der Waals surface area contributed by atoms with Gasteiger partial charge >= 0.3 is 0 Å². The van der Waals surface area contributed by atoms with Crippen molar-refractivity contribution in [2.45, 2.75) is 30.6 Å². The SMILES string of the molecule is CN1C[C@](C)(O)[C@@](O)(C#Cc2ccccc2)C[C@@H]1c1ccccc1. The van der Waals surface area contributed by atoms with E-state index in [2.05, 4.69) is 16.7 Å². The summed E-state index contributed by atoms with van der Waals surface area (Å²) in [4.78, 5) is 2.08. The van der Waals surface area contributed by atoms with Crippen molar-refractivity contribution in [3.8, 4) is 11.8 Å². The van der Waals surface area contributed by atoms with Gasteiger partial charge in [-0.05, 0) is 31.7 Å². The molecule has 0 spiro atoms. The largest absolute Gasteiger partial charge is 0.385 e. The molecule has 0 bridgehead atoms. The van der Waals surface area contributed by atoms with Gasteiger partial charge in [0.2, 0.25) is 0 Å². The molecule has 2 aromatic rings.